The molecule has 1 fully saturated rings. The summed E-state index contributed by atoms with van der Waals surface area (Å²) in [5.74, 6) is -0.367. The zero-order valence-corrected chi connectivity index (χ0v) is 23.0. The molecule has 2 aliphatic rings. The third-order valence-corrected chi connectivity index (χ3v) is 8.16. The molecule has 0 atom stereocenters. The molecule has 1 saturated heterocycles. The van der Waals surface area contributed by atoms with E-state index >= 15 is 0 Å². The highest BCUT2D eigenvalue weighted by molar-refractivity contribution is 7.85. The lowest BCUT2D eigenvalue weighted by Crippen LogP contribution is -2.42. The Morgan fingerprint density at radius 1 is 0.950 bits per heavy atom. The molecule has 0 aliphatic carbocycles. The SMILES string of the molecule is O=C(Nc1ccccc1-c1ccccc1)OC1CCN(CCN2Cc3cc(CCS(=O)(=O)O)ccc3C2=O)CC1. The maximum absolute atomic E-state index is 12.8. The van der Waals surface area contributed by atoms with Crippen LogP contribution in [0.2, 0.25) is 0 Å². The van der Waals surface area contributed by atoms with Crippen LogP contribution in [-0.4, -0.2) is 72.8 Å². The van der Waals surface area contributed by atoms with Gasteiger partial charge in [-0.15, -0.1) is 0 Å². The molecule has 0 unspecified atom stereocenters. The van der Waals surface area contributed by atoms with E-state index in [2.05, 4.69) is 10.2 Å². The van der Waals surface area contributed by atoms with Crippen LogP contribution in [0.3, 0.4) is 0 Å². The van der Waals surface area contributed by atoms with E-state index in [-0.39, 0.29) is 24.2 Å². The van der Waals surface area contributed by atoms with Gasteiger partial charge in [-0.05, 0) is 48.1 Å². The number of benzene rings is 3. The van der Waals surface area contributed by atoms with Crippen molar-refractivity contribution in [1.82, 2.24) is 9.80 Å². The molecule has 3 aromatic carbocycles. The number of ether oxygens (including phenoxy) is 1. The summed E-state index contributed by atoms with van der Waals surface area (Å²) in [6.45, 7) is 3.33. The predicted octanol–water partition coefficient (Wildman–Crippen LogP) is 4.45. The number of carbonyl (C=O) groups is 2. The Morgan fingerprint density at radius 2 is 1.68 bits per heavy atom. The van der Waals surface area contributed by atoms with Crippen molar-refractivity contribution >= 4 is 27.8 Å². The van der Waals surface area contributed by atoms with E-state index in [4.69, 9.17) is 9.29 Å². The van der Waals surface area contributed by atoms with Crippen molar-refractivity contribution in [2.24, 2.45) is 0 Å². The first-order valence-electron chi connectivity index (χ1n) is 13.5. The third-order valence-electron chi connectivity index (χ3n) is 7.44. The maximum Gasteiger partial charge on any atom is 0.411 e. The zero-order chi connectivity index (χ0) is 28.1. The molecule has 2 N–H and O–H groups in total. The minimum absolute atomic E-state index is 0.0259. The highest BCUT2D eigenvalue weighted by Gasteiger charge is 2.29. The van der Waals surface area contributed by atoms with Crippen LogP contribution in [-0.2, 0) is 27.8 Å². The lowest BCUT2D eigenvalue weighted by Gasteiger charge is -2.32. The van der Waals surface area contributed by atoms with Gasteiger partial charge in [0.1, 0.15) is 6.10 Å². The number of amides is 2. The lowest BCUT2D eigenvalue weighted by molar-refractivity contribution is 0.0528. The Labute approximate surface area is 234 Å². The molecule has 2 heterocycles. The second kappa shape index (κ2) is 12.2. The van der Waals surface area contributed by atoms with Crippen molar-refractivity contribution in [2.45, 2.75) is 31.9 Å². The number of para-hydroxylation sites is 1. The summed E-state index contributed by atoms with van der Waals surface area (Å²) in [5.41, 5.74) is 4.96. The van der Waals surface area contributed by atoms with Crippen LogP contribution in [0.4, 0.5) is 10.5 Å². The fourth-order valence-corrected chi connectivity index (χ4v) is 5.78. The number of nitrogens with one attached hydrogen (secondary N) is 1. The number of carbonyl (C=O) groups excluding carboxylic acids is 2. The number of hydrogen-bond donors (Lipinski definition) is 2. The molecule has 0 bridgehead atoms. The molecule has 40 heavy (non-hydrogen) atoms. The summed E-state index contributed by atoms with van der Waals surface area (Å²) in [5, 5.41) is 2.90. The standard InChI is InChI=1S/C30H33N3O6S/c34-29-27-11-10-22(14-19-40(36,37)38)20-24(27)21-33(29)18-17-32-15-12-25(13-16-32)39-30(35)31-28-9-5-4-8-26(28)23-6-2-1-3-7-23/h1-11,20,25H,12-19,21H2,(H,31,35)(H,36,37,38). The van der Waals surface area contributed by atoms with Crippen LogP contribution in [0.25, 0.3) is 11.1 Å². The van der Waals surface area contributed by atoms with Gasteiger partial charge in [0.15, 0.2) is 0 Å². The highest BCUT2D eigenvalue weighted by Crippen LogP contribution is 2.28. The van der Waals surface area contributed by atoms with Crippen LogP contribution in [0.15, 0.2) is 72.8 Å². The van der Waals surface area contributed by atoms with E-state index in [1.807, 2.05) is 60.7 Å². The van der Waals surface area contributed by atoms with E-state index in [0.717, 1.165) is 54.7 Å². The first kappa shape index (κ1) is 27.8. The Morgan fingerprint density at radius 3 is 2.42 bits per heavy atom. The minimum atomic E-state index is -4.03. The van der Waals surface area contributed by atoms with Crippen molar-refractivity contribution in [3.63, 3.8) is 0 Å². The fraction of sp³-hybridized carbons (Fsp3) is 0.333. The molecular formula is C30H33N3O6S. The Bertz CT molecular complexity index is 1470. The van der Waals surface area contributed by atoms with E-state index < -0.39 is 16.2 Å². The Balaban J connectivity index is 1.07. The number of aryl methyl sites for hydroxylation is 1. The van der Waals surface area contributed by atoms with Crippen LogP contribution in [0.5, 0.6) is 0 Å². The Hall–Kier alpha value is -3.73. The largest absolute Gasteiger partial charge is 0.446 e. The number of piperidine rings is 1. The minimum Gasteiger partial charge on any atom is -0.446 e. The average molecular weight is 564 g/mol. The van der Waals surface area contributed by atoms with Crippen molar-refractivity contribution in [3.8, 4) is 11.1 Å². The van der Waals surface area contributed by atoms with E-state index in [9.17, 15) is 18.0 Å². The van der Waals surface area contributed by atoms with Crippen LogP contribution >= 0.6 is 0 Å². The number of anilines is 1. The highest BCUT2D eigenvalue weighted by atomic mass is 32.2. The average Bonchev–Trinajstić information content (AvgIpc) is 3.26. The van der Waals surface area contributed by atoms with E-state index in [1.54, 1.807) is 17.0 Å². The molecule has 5 rings (SSSR count). The van der Waals surface area contributed by atoms with Gasteiger partial charge in [0, 0.05) is 43.9 Å². The van der Waals surface area contributed by atoms with Gasteiger partial charge in [-0.3, -0.25) is 14.7 Å². The smallest absolute Gasteiger partial charge is 0.411 e. The molecular weight excluding hydrogens is 530 g/mol. The molecule has 9 nitrogen and oxygen atoms in total. The molecule has 2 amide bonds. The van der Waals surface area contributed by atoms with Crippen molar-refractivity contribution < 1.29 is 27.3 Å². The molecule has 0 saturated carbocycles. The summed E-state index contributed by atoms with van der Waals surface area (Å²) < 4.78 is 36.8. The zero-order valence-electron chi connectivity index (χ0n) is 22.2. The van der Waals surface area contributed by atoms with Crippen molar-refractivity contribution in [2.75, 3.05) is 37.2 Å². The molecule has 0 spiro atoms. The van der Waals surface area contributed by atoms with Gasteiger partial charge in [-0.2, -0.15) is 8.42 Å². The topological polar surface area (TPSA) is 116 Å². The number of nitrogens with zero attached hydrogens (tertiary/aromatic N) is 2. The number of likely N-dealkylation sites (tertiary alicyclic amines) is 1. The number of hydrogen-bond acceptors (Lipinski definition) is 6. The van der Waals surface area contributed by atoms with Gasteiger partial charge in [-0.1, -0.05) is 60.7 Å². The van der Waals surface area contributed by atoms with Gasteiger partial charge >= 0.3 is 6.09 Å². The molecule has 10 heteroatoms. The maximum atomic E-state index is 12.8. The summed E-state index contributed by atoms with van der Waals surface area (Å²) in [4.78, 5) is 29.6. The normalized spacial score (nSPS) is 16.1. The third kappa shape index (κ3) is 7.07. The van der Waals surface area contributed by atoms with E-state index in [1.165, 1.54) is 0 Å². The summed E-state index contributed by atoms with van der Waals surface area (Å²) >= 11 is 0. The molecule has 3 aromatic rings. The van der Waals surface area contributed by atoms with Crippen LogP contribution in [0.1, 0.15) is 34.3 Å². The molecule has 210 valence electrons. The summed E-state index contributed by atoms with van der Waals surface area (Å²) in [6.07, 6.45) is 1.02. The fourth-order valence-electron chi connectivity index (χ4n) is 5.28. The second-order valence-corrected chi connectivity index (χ2v) is 11.8. The van der Waals surface area contributed by atoms with Gasteiger partial charge in [0.05, 0.1) is 11.4 Å². The van der Waals surface area contributed by atoms with Gasteiger partial charge < -0.3 is 14.5 Å². The monoisotopic (exact) mass is 563 g/mol. The Kier molecular flexibility index (Phi) is 8.49. The summed E-state index contributed by atoms with van der Waals surface area (Å²) in [6, 6.07) is 22.9. The molecule has 2 aliphatic heterocycles. The first-order valence-corrected chi connectivity index (χ1v) is 15.1. The van der Waals surface area contributed by atoms with Gasteiger partial charge in [-0.25, -0.2) is 4.79 Å². The van der Waals surface area contributed by atoms with Crippen LogP contribution in [0, 0.1) is 0 Å². The lowest BCUT2D eigenvalue weighted by atomic mass is 10.0. The number of fused-ring (bicyclic) bond motifs is 1. The quantitative estimate of drug-likeness (QED) is 0.370. The summed E-state index contributed by atoms with van der Waals surface area (Å²) in [7, 11) is -4.03. The molecule has 0 radical (unpaired) electrons. The number of rotatable bonds is 9. The van der Waals surface area contributed by atoms with Crippen molar-refractivity contribution in [1.29, 1.82) is 0 Å². The first-order chi connectivity index (χ1) is 19.2. The van der Waals surface area contributed by atoms with Crippen molar-refractivity contribution in [3.05, 3.63) is 89.5 Å². The molecule has 0 aromatic heterocycles. The van der Waals surface area contributed by atoms with Crippen LogP contribution < -0.4 is 5.32 Å². The van der Waals surface area contributed by atoms with Gasteiger partial charge in [0.2, 0.25) is 0 Å². The van der Waals surface area contributed by atoms with E-state index in [0.29, 0.717) is 24.3 Å². The second-order valence-electron chi connectivity index (χ2n) is 10.2. The van der Waals surface area contributed by atoms with Gasteiger partial charge in [0.25, 0.3) is 16.0 Å². The predicted molar refractivity (Wildman–Crippen MR) is 153 cm³/mol.